The van der Waals surface area contributed by atoms with Crippen LogP contribution in [0.4, 0.5) is 0 Å². The molecule has 0 fully saturated rings. The number of carboxylic acid groups (broad SMARTS) is 1. The fraction of sp³-hybridized carbons (Fsp3) is 0.286. The molecule has 3 rings (SSSR count). The van der Waals surface area contributed by atoms with Gasteiger partial charge in [0.25, 0.3) is 0 Å². The van der Waals surface area contributed by atoms with Gasteiger partial charge in [0.2, 0.25) is 0 Å². The van der Waals surface area contributed by atoms with Crippen LogP contribution in [0.3, 0.4) is 0 Å². The van der Waals surface area contributed by atoms with Crippen molar-refractivity contribution in [3.8, 4) is 17.1 Å². The van der Waals surface area contributed by atoms with E-state index in [0.29, 0.717) is 12.4 Å². The average Bonchev–Trinajstić information content (AvgIpc) is 3.11. The van der Waals surface area contributed by atoms with E-state index >= 15 is 0 Å². The number of aromatic carboxylic acids is 1. The molecule has 2 aromatic carbocycles. The van der Waals surface area contributed by atoms with Crippen LogP contribution in [0.2, 0.25) is 0 Å². The van der Waals surface area contributed by atoms with Gasteiger partial charge in [-0.1, -0.05) is 53.7 Å². The second-order valence-corrected chi connectivity index (χ2v) is 7.33. The maximum absolute atomic E-state index is 11.2. The van der Waals surface area contributed by atoms with Gasteiger partial charge in [-0.25, -0.2) is 4.79 Å². The number of para-hydroxylation sites is 1. The third-order valence-electron chi connectivity index (χ3n) is 4.24. The van der Waals surface area contributed by atoms with E-state index < -0.39 is 5.97 Å². The van der Waals surface area contributed by atoms with Gasteiger partial charge in [0.15, 0.2) is 11.0 Å². The fourth-order valence-electron chi connectivity index (χ4n) is 2.77. The van der Waals surface area contributed by atoms with Gasteiger partial charge in [0.05, 0.1) is 6.61 Å². The van der Waals surface area contributed by atoms with Crippen LogP contribution < -0.4 is 4.74 Å². The van der Waals surface area contributed by atoms with Crippen LogP contribution in [0.5, 0.6) is 5.75 Å². The number of hydrogen-bond donors (Lipinski definition) is 1. The third kappa shape index (κ3) is 4.72. The van der Waals surface area contributed by atoms with E-state index in [4.69, 9.17) is 4.74 Å². The summed E-state index contributed by atoms with van der Waals surface area (Å²) in [6.45, 7) is 5.38. The van der Waals surface area contributed by atoms with Crippen molar-refractivity contribution >= 4 is 17.7 Å². The average molecular weight is 398 g/mol. The molecule has 0 aliphatic carbocycles. The highest BCUT2D eigenvalue weighted by atomic mass is 32.2. The van der Waals surface area contributed by atoms with E-state index in [2.05, 4.69) is 52.9 Å². The summed E-state index contributed by atoms with van der Waals surface area (Å²) in [5, 5.41) is 18.8. The predicted molar refractivity (Wildman–Crippen MR) is 110 cm³/mol. The van der Waals surface area contributed by atoms with Crippen LogP contribution in [0.1, 0.15) is 29.3 Å². The molecule has 0 aliphatic heterocycles. The van der Waals surface area contributed by atoms with E-state index in [0.717, 1.165) is 35.3 Å². The zero-order valence-corrected chi connectivity index (χ0v) is 16.8. The Kier molecular flexibility index (Phi) is 6.71. The monoisotopic (exact) mass is 397 g/mol. The highest BCUT2D eigenvalue weighted by molar-refractivity contribution is 7.99. The maximum atomic E-state index is 11.2. The molecule has 6 nitrogen and oxygen atoms in total. The SMILES string of the molecule is CCn1c(SCCCOc2ccccc2C(=O)O)nnc1-c1ccc(C)cc1. The van der Waals surface area contributed by atoms with Gasteiger partial charge < -0.3 is 14.4 Å². The molecule has 7 heteroatoms. The molecule has 1 heterocycles. The fourth-order valence-corrected chi connectivity index (χ4v) is 3.69. The number of benzene rings is 2. The number of carboxylic acids is 1. The predicted octanol–water partition coefficient (Wildman–Crippen LogP) is 4.53. The summed E-state index contributed by atoms with van der Waals surface area (Å²) in [6, 6.07) is 15.0. The van der Waals surface area contributed by atoms with Crippen molar-refractivity contribution < 1.29 is 14.6 Å². The molecule has 28 heavy (non-hydrogen) atoms. The standard InChI is InChI=1S/C21H23N3O3S/c1-3-24-19(16-11-9-15(2)10-12-16)22-23-21(24)28-14-6-13-27-18-8-5-4-7-17(18)20(25)26/h4-5,7-12H,3,6,13-14H2,1-2H3,(H,25,26). The summed E-state index contributed by atoms with van der Waals surface area (Å²) in [4.78, 5) is 11.2. The zero-order valence-electron chi connectivity index (χ0n) is 16.0. The first-order valence-corrected chi connectivity index (χ1v) is 10.2. The Morgan fingerprint density at radius 3 is 2.61 bits per heavy atom. The number of thioether (sulfide) groups is 1. The minimum absolute atomic E-state index is 0.184. The van der Waals surface area contributed by atoms with Crippen LogP contribution >= 0.6 is 11.8 Å². The van der Waals surface area contributed by atoms with Crippen LogP contribution in [-0.2, 0) is 6.54 Å². The number of aromatic nitrogens is 3. The summed E-state index contributed by atoms with van der Waals surface area (Å²) in [5.41, 5.74) is 2.45. The van der Waals surface area contributed by atoms with Crippen LogP contribution in [0.15, 0.2) is 53.7 Å². The minimum Gasteiger partial charge on any atom is -0.493 e. The van der Waals surface area contributed by atoms with E-state index in [1.54, 1.807) is 36.0 Å². The Hall–Kier alpha value is -2.80. The van der Waals surface area contributed by atoms with Crippen molar-refractivity contribution in [2.75, 3.05) is 12.4 Å². The largest absolute Gasteiger partial charge is 0.493 e. The molecular formula is C21H23N3O3S. The highest BCUT2D eigenvalue weighted by Gasteiger charge is 2.13. The second kappa shape index (κ2) is 9.41. The first kappa shape index (κ1) is 19.9. The van der Waals surface area contributed by atoms with Crippen LogP contribution in [0.25, 0.3) is 11.4 Å². The summed E-state index contributed by atoms with van der Waals surface area (Å²) in [6.07, 6.45) is 0.773. The summed E-state index contributed by atoms with van der Waals surface area (Å²) < 4.78 is 7.75. The number of carbonyl (C=O) groups is 1. The molecule has 0 saturated heterocycles. The first-order chi connectivity index (χ1) is 13.6. The Morgan fingerprint density at radius 1 is 1.14 bits per heavy atom. The normalized spacial score (nSPS) is 10.8. The topological polar surface area (TPSA) is 77.2 Å². The Bertz CT molecular complexity index is 938. The first-order valence-electron chi connectivity index (χ1n) is 9.18. The Morgan fingerprint density at radius 2 is 1.89 bits per heavy atom. The number of rotatable bonds is 9. The number of aryl methyl sites for hydroxylation is 1. The molecule has 0 unspecified atom stereocenters. The van der Waals surface area contributed by atoms with Gasteiger partial charge >= 0.3 is 5.97 Å². The molecule has 0 atom stereocenters. The van der Waals surface area contributed by atoms with Crippen molar-refractivity contribution in [2.24, 2.45) is 0 Å². The molecule has 0 bridgehead atoms. The second-order valence-electron chi connectivity index (χ2n) is 6.27. The molecule has 0 amide bonds. The van der Waals surface area contributed by atoms with Gasteiger partial charge in [-0.3, -0.25) is 0 Å². The van der Waals surface area contributed by atoms with E-state index in [9.17, 15) is 9.90 Å². The lowest BCUT2D eigenvalue weighted by Crippen LogP contribution is -2.05. The van der Waals surface area contributed by atoms with Gasteiger partial charge in [-0.2, -0.15) is 0 Å². The molecule has 1 N–H and O–H groups in total. The molecule has 0 saturated carbocycles. The van der Waals surface area contributed by atoms with Crippen molar-refractivity contribution in [1.29, 1.82) is 0 Å². The van der Waals surface area contributed by atoms with Crippen LogP contribution in [-0.4, -0.2) is 38.2 Å². The van der Waals surface area contributed by atoms with Crippen molar-refractivity contribution in [3.05, 3.63) is 59.7 Å². The van der Waals surface area contributed by atoms with Crippen molar-refractivity contribution in [1.82, 2.24) is 14.8 Å². The lowest BCUT2D eigenvalue weighted by molar-refractivity contribution is 0.0692. The third-order valence-corrected chi connectivity index (χ3v) is 5.29. The van der Waals surface area contributed by atoms with Crippen molar-refractivity contribution in [2.45, 2.75) is 32.0 Å². The molecule has 3 aromatic rings. The number of nitrogens with zero attached hydrogens (tertiary/aromatic N) is 3. The molecule has 146 valence electrons. The zero-order chi connectivity index (χ0) is 19.9. The van der Waals surface area contributed by atoms with E-state index in [1.165, 1.54) is 5.56 Å². The molecule has 1 aromatic heterocycles. The quantitative estimate of drug-likeness (QED) is 0.422. The van der Waals surface area contributed by atoms with E-state index in [-0.39, 0.29) is 5.56 Å². The van der Waals surface area contributed by atoms with Gasteiger partial charge in [0, 0.05) is 17.9 Å². The lowest BCUT2D eigenvalue weighted by Gasteiger charge is -2.09. The van der Waals surface area contributed by atoms with Crippen LogP contribution in [0, 0.1) is 6.92 Å². The summed E-state index contributed by atoms with van der Waals surface area (Å²) >= 11 is 1.63. The Labute approximate surface area is 168 Å². The molecule has 0 aliphatic rings. The van der Waals surface area contributed by atoms with E-state index in [1.807, 2.05) is 0 Å². The number of ether oxygens (including phenoxy) is 1. The van der Waals surface area contributed by atoms with Gasteiger partial charge in [-0.15, -0.1) is 10.2 Å². The Balaban J connectivity index is 1.56. The summed E-state index contributed by atoms with van der Waals surface area (Å²) in [7, 11) is 0. The molecule has 0 spiro atoms. The lowest BCUT2D eigenvalue weighted by atomic mass is 10.1. The highest BCUT2D eigenvalue weighted by Crippen LogP contribution is 2.25. The smallest absolute Gasteiger partial charge is 0.339 e. The summed E-state index contributed by atoms with van der Waals surface area (Å²) in [5.74, 6) is 1.10. The number of hydrogen-bond acceptors (Lipinski definition) is 5. The molecular weight excluding hydrogens is 374 g/mol. The maximum Gasteiger partial charge on any atom is 0.339 e. The molecule has 0 radical (unpaired) electrons. The van der Waals surface area contributed by atoms with Crippen molar-refractivity contribution in [3.63, 3.8) is 0 Å². The minimum atomic E-state index is -0.982. The van der Waals surface area contributed by atoms with Gasteiger partial charge in [0.1, 0.15) is 11.3 Å². The van der Waals surface area contributed by atoms with Gasteiger partial charge in [-0.05, 0) is 32.4 Å².